The highest BCUT2D eigenvalue weighted by molar-refractivity contribution is 6.31. The second-order valence-electron chi connectivity index (χ2n) is 7.49. The maximum absolute atomic E-state index is 12.2. The van der Waals surface area contributed by atoms with Crippen molar-refractivity contribution >= 4 is 40.8 Å². The number of rotatable bonds is 10. The predicted molar refractivity (Wildman–Crippen MR) is 133 cm³/mol. The van der Waals surface area contributed by atoms with E-state index in [1.54, 1.807) is 36.4 Å². The minimum Gasteiger partial charge on any atom is -0.495 e. The van der Waals surface area contributed by atoms with Gasteiger partial charge >= 0.3 is 5.97 Å². The first kappa shape index (κ1) is 25.6. The van der Waals surface area contributed by atoms with Gasteiger partial charge in [0.15, 0.2) is 6.61 Å². The molecule has 3 aromatic carbocycles. The molecule has 9 heteroatoms. The first-order valence-corrected chi connectivity index (χ1v) is 11.1. The van der Waals surface area contributed by atoms with Gasteiger partial charge in [-0.15, -0.1) is 0 Å². The van der Waals surface area contributed by atoms with Crippen molar-refractivity contribution in [2.24, 2.45) is 0 Å². The molecule has 0 fully saturated rings. The van der Waals surface area contributed by atoms with Gasteiger partial charge < -0.3 is 24.8 Å². The lowest BCUT2D eigenvalue weighted by atomic mass is 10.2. The monoisotopic (exact) mass is 496 g/mol. The third-order valence-corrected chi connectivity index (χ3v) is 5.05. The van der Waals surface area contributed by atoms with Gasteiger partial charge in [0.25, 0.3) is 5.91 Å². The Morgan fingerprint density at radius 3 is 2.31 bits per heavy atom. The summed E-state index contributed by atoms with van der Waals surface area (Å²) in [4.78, 5) is 36.2. The number of aryl methyl sites for hydroxylation is 1. The number of para-hydroxylation sites is 1. The molecule has 0 unspecified atom stereocenters. The van der Waals surface area contributed by atoms with Crippen LogP contribution < -0.4 is 20.1 Å². The fraction of sp³-hybridized carbons (Fsp3) is 0.192. The lowest BCUT2D eigenvalue weighted by Gasteiger charge is -2.11. The summed E-state index contributed by atoms with van der Waals surface area (Å²) >= 11 is 5.92. The quantitative estimate of drug-likeness (QED) is 0.367. The van der Waals surface area contributed by atoms with Crippen molar-refractivity contribution in [3.63, 3.8) is 0 Å². The van der Waals surface area contributed by atoms with E-state index < -0.39 is 18.5 Å². The van der Waals surface area contributed by atoms with E-state index >= 15 is 0 Å². The van der Waals surface area contributed by atoms with E-state index in [0.29, 0.717) is 27.9 Å². The van der Waals surface area contributed by atoms with Crippen LogP contribution >= 0.6 is 11.6 Å². The number of anilines is 2. The zero-order valence-corrected chi connectivity index (χ0v) is 20.1. The van der Waals surface area contributed by atoms with E-state index in [-0.39, 0.29) is 18.7 Å². The van der Waals surface area contributed by atoms with Gasteiger partial charge in [-0.1, -0.05) is 29.8 Å². The third kappa shape index (κ3) is 8.04. The molecular weight excluding hydrogens is 472 g/mol. The molecule has 0 spiro atoms. The number of carbonyl (C=O) groups excluding carboxylic acids is 3. The first-order valence-electron chi connectivity index (χ1n) is 10.8. The number of benzene rings is 3. The molecule has 0 bridgehead atoms. The Kier molecular flexibility index (Phi) is 9.09. The smallest absolute Gasteiger partial charge is 0.306 e. The summed E-state index contributed by atoms with van der Waals surface area (Å²) in [7, 11) is 1.46. The molecular formula is C26H25ClN2O6. The standard InChI is InChI=1S/C26H25ClN2O6/c1-17-5-3-4-6-22(17)35-20-10-8-19(9-11-20)28-24(30)13-14-26(32)34-16-25(31)29-21-15-18(27)7-12-23(21)33-2/h3-12,15H,13-14,16H2,1-2H3,(H,28,30)(H,29,31). The van der Waals surface area contributed by atoms with Gasteiger partial charge in [-0.3, -0.25) is 14.4 Å². The van der Waals surface area contributed by atoms with Crippen molar-refractivity contribution in [3.05, 3.63) is 77.3 Å². The average Bonchev–Trinajstić information content (AvgIpc) is 2.84. The van der Waals surface area contributed by atoms with Crippen molar-refractivity contribution in [2.75, 3.05) is 24.4 Å². The van der Waals surface area contributed by atoms with E-state index in [1.165, 1.54) is 13.2 Å². The summed E-state index contributed by atoms with van der Waals surface area (Å²) in [5, 5.41) is 5.68. The summed E-state index contributed by atoms with van der Waals surface area (Å²) in [5.74, 6) is 0.215. The molecule has 3 rings (SSSR count). The zero-order valence-electron chi connectivity index (χ0n) is 19.3. The van der Waals surface area contributed by atoms with Crippen molar-refractivity contribution in [2.45, 2.75) is 19.8 Å². The Morgan fingerprint density at radius 2 is 1.60 bits per heavy atom. The minimum absolute atomic E-state index is 0.0932. The van der Waals surface area contributed by atoms with Crippen LogP contribution in [0.5, 0.6) is 17.2 Å². The fourth-order valence-electron chi connectivity index (χ4n) is 3.03. The molecule has 8 nitrogen and oxygen atoms in total. The summed E-state index contributed by atoms with van der Waals surface area (Å²) in [6.07, 6.45) is -0.266. The number of carbonyl (C=O) groups is 3. The van der Waals surface area contributed by atoms with Crippen LogP contribution in [0.1, 0.15) is 18.4 Å². The lowest BCUT2D eigenvalue weighted by Crippen LogP contribution is -2.22. The van der Waals surface area contributed by atoms with E-state index in [1.807, 2.05) is 31.2 Å². The van der Waals surface area contributed by atoms with E-state index in [9.17, 15) is 14.4 Å². The van der Waals surface area contributed by atoms with Crippen LogP contribution in [0, 0.1) is 6.92 Å². The minimum atomic E-state index is -0.671. The second kappa shape index (κ2) is 12.4. The largest absolute Gasteiger partial charge is 0.495 e. The molecule has 0 radical (unpaired) electrons. The number of hydrogen-bond donors (Lipinski definition) is 2. The summed E-state index contributed by atoms with van der Waals surface area (Å²) in [6.45, 7) is 1.45. The highest BCUT2D eigenvalue weighted by Gasteiger charge is 2.13. The van der Waals surface area contributed by atoms with Crippen LogP contribution in [0.2, 0.25) is 5.02 Å². The van der Waals surface area contributed by atoms with E-state index in [2.05, 4.69) is 10.6 Å². The molecule has 0 aromatic heterocycles. The van der Waals surface area contributed by atoms with Gasteiger partial charge in [-0.2, -0.15) is 0 Å². The zero-order chi connectivity index (χ0) is 25.2. The highest BCUT2D eigenvalue weighted by atomic mass is 35.5. The highest BCUT2D eigenvalue weighted by Crippen LogP contribution is 2.28. The maximum atomic E-state index is 12.2. The fourth-order valence-corrected chi connectivity index (χ4v) is 3.20. The number of hydrogen-bond acceptors (Lipinski definition) is 6. The topological polar surface area (TPSA) is 103 Å². The number of methoxy groups -OCH3 is 1. The van der Waals surface area contributed by atoms with Crippen molar-refractivity contribution in [3.8, 4) is 17.2 Å². The lowest BCUT2D eigenvalue weighted by molar-refractivity contribution is -0.147. The number of halogens is 1. The molecule has 0 saturated carbocycles. The van der Waals surface area contributed by atoms with Gasteiger partial charge in [-0.25, -0.2) is 0 Å². The van der Waals surface area contributed by atoms with Gasteiger partial charge in [0, 0.05) is 17.1 Å². The average molecular weight is 497 g/mol. The van der Waals surface area contributed by atoms with Gasteiger partial charge in [0.05, 0.1) is 19.2 Å². The molecule has 0 aliphatic heterocycles. The van der Waals surface area contributed by atoms with Crippen LogP contribution in [0.3, 0.4) is 0 Å². The molecule has 0 heterocycles. The van der Waals surface area contributed by atoms with Gasteiger partial charge in [-0.05, 0) is 61.0 Å². The Hall–Kier alpha value is -4.04. The number of esters is 1. The molecule has 0 aliphatic rings. The van der Waals surface area contributed by atoms with Crippen LogP contribution in [0.25, 0.3) is 0 Å². The summed E-state index contributed by atoms with van der Waals surface area (Å²) in [6, 6.07) is 19.3. The normalized spacial score (nSPS) is 10.3. The van der Waals surface area contributed by atoms with Crippen molar-refractivity contribution < 1.29 is 28.6 Å². The van der Waals surface area contributed by atoms with Crippen LogP contribution in [-0.2, 0) is 19.1 Å². The maximum Gasteiger partial charge on any atom is 0.306 e. The first-order chi connectivity index (χ1) is 16.8. The number of ether oxygens (including phenoxy) is 3. The van der Waals surface area contributed by atoms with Crippen molar-refractivity contribution in [1.82, 2.24) is 0 Å². The molecule has 3 aromatic rings. The molecule has 2 N–H and O–H groups in total. The van der Waals surface area contributed by atoms with E-state index in [0.717, 1.165) is 11.3 Å². The Balaban J connectivity index is 1.39. The number of nitrogens with one attached hydrogen (secondary N) is 2. The predicted octanol–water partition coefficient (Wildman–Crippen LogP) is 5.35. The van der Waals surface area contributed by atoms with Crippen LogP contribution in [0.4, 0.5) is 11.4 Å². The molecule has 0 saturated heterocycles. The summed E-state index contributed by atoms with van der Waals surface area (Å²) < 4.78 is 15.9. The second-order valence-corrected chi connectivity index (χ2v) is 7.93. The molecule has 182 valence electrons. The van der Waals surface area contributed by atoms with Crippen LogP contribution in [0.15, 0.2) is 66.7 Å². The molecule has 0 atom stereocenters. The SMILES string of the molecule is COc1ccc(Cl)cc1NC(=O)COC(=O)CCC(=O)Nc1ccc(Oc2ccccc2C)cc1. The summed E-state index contributed by atoms with van der Waals surface area (Å²) in [5.41, 5.74) is 1.93. The molecule has 0 aliphatic carbocycles. The van der Waals surface area contributed by atoms with Crippen LogP contribution in [-0.4, -0.2) is 31.5 Å². The Labute approximate surface area is 208 Å². The van der Waals surface area contributed by atoms with Crippen molar-refractivity contribution in [1.29, 1.82) is 0 Å². The molecule has 35 heavy (non-hydrogen) atoms. The van der Waals surface area contributed by atoms with Gasteiger partial charge in [0.2, 0.25) is 5.91 Å². The van der Waals surface area contributed by atoms with E-state index in [4.69, 9.17) is 25.8 Å². The Bertz CT molecular complexity index is 1200. The number of amides is 2. The Morgan fingerprint density at radius 1 is 0.857 bits per heavy atom. The molecule has 2 amide bonds. The van der Waals surface area contributed by atoms with Gasteiger partial charge in [0.1, 0.15) is 17.2 Å². The third-order valence-electron chi connectivity index (χ3n) is 4.82.